The van der Waals surface area contributed by atoms with Crippen molar-refractivity contribution >= 4 is 18.1 Å². The monoisotopic (exact) mass is 249 g/mol. The van der Waals surface area contributed by atoms with Crippen LogP contribution in [-0.4, -0.2) is 19.6 Å². The largest absolute Gasteiger partial charge is 0.544 e. The van der Waals surface area contributed by atoms with Crippen molar-refractivity contribution in [2.75, 3.05) is 6.26 Å². The molecule has 1 N–H and O–H groups in total. The highest BCUT2D eigenvalue weighted by Crippen LogP contribution is 2.39. The van der Waals surface area contributed by atoms with Crippen LogP contribution in [0.1, 0.15) is 11.4 Å². The van der Waals surface area contributed by atoms with Crippen molar-refractivity contribution in [3.63, 3.8) is 0 Å². The second-order valence-electron chi connectivity index (χ2n) is 2.87. The average molecular weight is 249 g/mol. The van der Waals surface area contributed by atoms with E-state index in [1.807, 2.05) is 0 Å². The van der Waals surface area contributed by atoms with Crippen molar-refractivity contribution in [3.05, 3.63) is 35.9 Å². The van der Waals surface area contributed by atoms with Gasteiger partial charge in [-0.05, 0) is 4.57 Å². The molecule has 7 heteroatoms. The Kier molecular flexibility index (Phi) is 3.93. The summed E-state index contributed by atoms with van der Waals surface area (Å²) in [6, 6.07) is 8.03. The molecule has 2 unspecified atom stereocenters. The van der Waals surface area contributed by atoms with Gasteiger partial charge < -0.3 is 0 Å². The zero-order valence-electron chi connectivity index (χ0n) is 7.90. The Morgan fingerprint density at radius 1 is 1.33 bits per heavy atom. The molecule has 0 fully saturated rings. The van der Waals surface area contributed by atoms with Crippen molar-refractivity contribution in [2.24, 2.45) is 0 Å². The minimum atomic E-state index is -3.76. The van der Waals surface area contributed by atoms with E-state index in [-0.39, 0.29) is 0 Å². The number of rotatable bonds is 4. The van der Waals surface area contributed by atoms with Crippen LogP contribution in [0.15, 0.2) is 30.3 Å². The molecule has 2 atom stereocenters. The summed E-state index contributed by atoms with van der Waals surface area (Å²) in [7, 11) is -6.52. The van der Waals surface area contributed by atoms with E-state index in [4.69, 9.17) is 4.89 Å². The van der Waals surface area contributed by atoms with E-state index in [2.05, 4.69) is 4.18 Å². The Morgan fingerprint density at radius 2 is 1.87 bits per heavy atom. The zero-order chi connectivity index (χ0) is 11.5. The molecule has 0 aliphatic rings. The Morgan fingerprint density at radius 3 is 2.27 bits per heavy atom. The van der Waals surface area contributed by atoms with Gasteiger partial charge in [0.25, 0.3) is 10.1 Å². The molecule has 0 radical (unpaired) electrons. The van der Waals surface area contributed by atoms with Crippen LogP contribution in [0.5, 0.6) is 0 Å². The minimum absolute atomic E-state index is 0.353. The fourth-order valence-electron chi connectivity index (χ4n) is 1.00. The number of hydrogen-bond acceptors (Lipinski definition) is 4. The molecular weight excluding hydrogens is 239 g/mol. The summed E-state index contributed by atoms with van der Waals surface area (Å²) >= 11 is 0. The molecule has 1 aromatic rings. The Balaban J connectivity index is 3.00. The first-order valence-corrected chi connectivity index (χ1v) is 7.08. The summed E-state index contributed by atoms with van der Waals surface area (Å²) in [5, 5.41) is 0. The summed E-state index contributed by atoms with van der Waals surface area (Å²) in [5.41, 5.74) is 0.353. The van der Waals surface area contributed by atoms with Crippen LogP contribution in [0.3, 0.4) is 0 Å². The van der Waals surface area contributed by atoms with Crippen molar-refractivity contribution in [3.8, 4) is 0 Å². The Hall–Kier alpha value is -0.810. The van der Waals surface area contributed by atoms with E-state index in [9.17, 15) is 13.0 Å². The van der Waals surface area contributed by atoms with E-state index >= 15 is 0 Å². The second kappa shape index (κ2) is 4.81. The van der Waals surface area contributed by atoms with Crippen molar-refractivity contribution in [2.45, 2.75) is 5.85 Å². The lowest BCUT2D eigenvalue weighted by Crippen LogP contribution is -2.07. The quantitative estimate of drug-likeness (QED) is 0.644. The highest BCUT2D eigenvalue weighted by Gasteiger charge is 2.35. The third-order valence-electron chi connectivity index (χ3n) is 1.55. The van der Waals surface area contributed by atoms with E-state index in [1.165, 1.54) is 12.1 Å². The molecule has 0 aliphatic carbocycles. The fraction of sp³-hybridized carbons (Fsp3) is 0.250. The minimum Gasteiger partial charge on any atom is -0.210 e. The predicted octanol–water partition coefficient (Wildman–Crippen LogP) is 1.40. The molecule has 82 valence electrons. The highest BCUT2D eigenvalue weighted by atomic mass is 32.2. The van der Waals surface area contributed by atoms with Gasteiger partial charge in [-0.3, -0.25) is 0 Å². The topological polar surface area (TPSA) is 80.7 Å². The van der Waals surface area contributed by atoms with Crippen LogP contribution in [0.25, 0.3) is 0 Å². The Labute approximate surface area is 88.7 Å². The van der Waals surface area contributed by atoms with Crippen LogP contribution in [-0.2, 0) is 18.9 Å². The first-order chi connectivity index (χ1) is 6.90. The lowest BCUT2D eigenvalue weighted by Gasteiger charge is -2.04. The van der Waals surface area contributed by atoms with Crippen LogP contribution in [0.4, 0.5) is 0 Å². The SMILES string of the molecule is CS(=O)(=O)OC(c1ccccc1)[P+](=O)O. The summed E-state index contributed by atoms with van der Waals surface area (Å²) in [5.74, 6) is -1.34. The Bertz CT molecular complexity index is 441. The van der Waals surface area contributed by atoms with Crippen molar-refractivity contribution in [1.29, 1.82) is 0 Å². The highest BCUT2D eigenvalue weighted by molar-refractivity contribution is 7.86. The third-order valence-corrected chi connectivity index (χ3v) is 3.04. The molecule has 0 spiro atoms. The fourth-order valence-corrected chi connectivity index (χ4v) is 2.64. The summed E-state index contributed by atoms with van der Waals surface area (Å²) < 4.78 is 37.2. The number of benzene rings is 1. The molecule has 5 nitrogen and oxygen atoms in total. The molecule has 15 heavy (non-hydrogen) atoms. The lowest BCUT2D eigenvalue weighted by molar-refractivity contribution is 0.274. The van der Waals surface area contributed by atoms with Crippen LogP contribution < -0.4 is 0 Å². The standard InChI is InChI=1S/C8H9O5PS/c1-15(11,12)13-8(14(9)10)7-5-3-2-4-6-7/h2-6,8H,1H3/p+1. The van der Waals surface area contributed by atoms with Gasteiger partial charge in [0, 0.05) is 5.56 Å². The molecule has 0 saturated heterocycles. The molecule has 0 aromatic heterocycles. The molecule has 0 heterocycles. The van der Waals surface area contributed by atoms with Crippen molar-refractivity contribution < 1.29 is 22.1 Å². The maximum atomic E-state index is 10.9. The number of hydrogen-bond donors (Lipinski definition) is 1. The molecule has 0 aliphatic heterocycles. The van der Waals surface area contributed by atoms with Crippen molar-refractivity contribution in [1.82, 2.24) is 0 Å². The summed E-state index contributed by atoms with van der Waals surface area (Å²) in [6.07, 6.45) is 0.835. The molecule has 1 rings (SSSR count). The molecule has 1 aromatic carbocycles. The van der Waals surface area contributed by atoms with Gasteiger partial charge in [-0.2, -0.15) is 13.3 Å². The van der Waals surface area contributed by atoms with Crippen LogP contribution in [0.2, 0.25) is 0 Å². The summed E-state index contributed by atoms with van der Waals surface area (Å²) in [6.45, 7) is 0. The average Bonchev–Trinajstić information content (AvgIpc) is 2.14. The van der Waals surface area contributed by atoms with E-state index in [0.29, 0.717) is 5.56 Å². The first kappa shape index (κ1) is 12.3. The van der Waals surface area contributed by atoms with Gasteiger partial charge in [-0.25, -0.2) is 4.18 Å². The third kappa shape index (κ3) is 4.05. The first-order valence-electron chi connectivity index (χ1n) is 3.98. The maximum absolute atomic E-state index is 10.9. The molecule has 0 amide bonds. The van der Waals surface area contributed by atoms with Gasteiger partial charge in [0.1, 0.15) is 0 Å². The van der Waals surface area contributed by atoms with Gasteiger partial charge >= 0.3 is 13.9 Å². The van der Waals surface area contributed by atoms with E-state index in [1.54, 1.807) is 18.2 Å². The van der Waals surface area contributed by atoms with Gasteiger partial charge in [0.05, 0.1) is 6.26 Å². The van der Waals surface area contributed by atoms with Gasteiger partial charge in [0.2, 0.25) is 0 Å². The predicted molar refractivity (Wildman–Crippen MR) is 54.9 cm³/mol. The maximum Gasteiger partial charge on any atom is 0.544 e. The summed E-state index contributed by atoms with van der Waals surface area (Å²) in [4.78, 5) is 8.95. The molecule has 0 saturated carbocycles. The second-order valence-corrected chi connectivity index (χ2v) is 5.54. The van der Waals surface area contributed by atoms with E-state index < -0.39 is 24.0 Å². The van der Waals surface area contributed by atoms with Crippen LogP contribution >= 0.6 is 8.03 Å². The van der Waals surface area contributed by atoms with Gasteiger partial charge in [-0.1, -0.05) is 30.3 Å². The van der Waals surface area contributed by atoms with E-state index in [0.717, 1.165) is 6.26 Å². The van der Waals surface area contributed by atoms with Gasteiger partial charge in [-0.15, -0.1) is 0 Å². The zero-order valence-corrected chi connectivity index (χ0v) is 9.61. The smallest absolute Gasteiger partial charge is 0.210 e. The van der Waals surface area contributed by atoms with Crippen LogP contribution in [0, 0.1) is 0 Å². The molecule has 0 bridgehead atoms. The van der Waals surface area contributed by atoms with Gasteiger partial charge in [0.15, 0.2) is 0 Å². The lowest BCUT2D eigenvalue weighted by atomic mass is 10.2. The molecular formula is C8H10O5PS+. The normalized spacial score (nSPS) is 14.7.